The van der Waals surface area contributed by atoms with Crippen LogP contribution in [0.5, 0.6) is 0 Å². The Morgan fingerprint density at radius 3 is 2.67 bits per heavy atom. The van der Waals surface area contributed by atoms with E-state index in [2.05, 4.69) is 56.1 Å². The van der Waals surface area contributed by atoms with Gasteiger partial charge in [0.25, 0.3) is 0 Å². The molecule has 0 bridgehead atoms. The SMILES string of the molecule is Cc1ccccc1CN(C)C(C)CC#N. The standard InChI is InChI=1S/C13H18N2/c1-11-6-4-5-7-13(11)10-15(3)12(2)8-9-14/h4-7,12H,8,10H2,1-3H3. The van der Waals surface area contributed by atoms with Crippen molar-refractivity contribution in [3.63, 3.8) is 0 Å². The fraction of sp³-hybridized carbons (Fsp3) is 0.462. The molecule has 2 heteroatoms. The van der Waals surface area contributed by atoms with Crippen molar-refractivity contribution in [2.45, 2.75) is 32.9 Å². The Hall–Kier alpha value is -1.33. The smallest absolute Gasteiger partial charge is 0.0638 e. The van der Waals surface area contributed by atoms with Gasteiger partial charge in [-0.05, 0) is 32.0 Å². The molecule has 1 atom stereocenters. The number of rotatable bonds is 4. The maximum atomic E-state index is 8.63. The lowest BCUT2D eigenvalue weighted by Gasteiger charge is -2.23. The molecule has 0 aliphatic carbocycles. The molecule has 0 saturated heterocycles. The number of hydrogen-bond acceptors (Lipinski definition) is 2. The van der Waals surface area contributed by atoms with Gasteiger partial charge >= 0.3 is 0 Å². The van der Waals surface area contributed by atoms with Gasteiger partial charge in [0.1, 0.15) is 0 Å². The Morgan fingerprint density at radius 1 is 1.40 bits per heavy atom. The van der Waals surface area contributed by atoms with Crippen LogP contribution in [0.2, 0.25) is 0 Å². The molecule has 0 aromatic heterocycles. The Kier molecular flexibility index (Phi) is 4.33. The van der Waals surface area contributed by atoms with E-state index in [1.54, 1.807) is 0 Å². The van der Waals surface area contributed by atoms with E-state index in [-0.39, 0.29) is 0 Å². The van der Waals surface area contributed by atoms with Gasteiger partial charge in [-0.3, -0.25) is 4.90 Å². The van der Waals surface area contributed by atoms with E-state index >= 15 is 0 Å². The summed E-state index contributed by atoms with van der Waals surface area (Å²) in [5, 5.41) is 8.63. The quantitative estimate of drug-likeness (QED) is 0.750. The van der Waals surface area contributed by atoms with Crippen LogP contribution in [0.1, 0.15) is 24.5 Å². The number of aryl methyl sites for hydroxylation is 1. The second-order valence-electron chi connectivity index (χ2n) is 4.05. The van der Waals surface area contributed by atoms with E-state index < -0.39 is 0 Å². The van der Waals surface area contributed by atoms with Crippen LogP contribution < -0.4 is 0 Å². The molecule has 0 aliphatic heterocycles. The molecule has 0 amide bonds. The van der Waals surface area contributed by atoms with Crippen molar-refractivity contribution >= 4 is 0 Å². The lowest BCUT2D eigenvalue weighted by Crippen LogP contribution is -2.28. The van der Waals surface area contributed by atoms with E-state index in [1.807, 2.05) is 0 Å². The summed E-state index contributed by atoms with van der Waals surface area (Å²) in [6.45, 7) is 5.12. The van der Waals surface area contributed by atoms with Crippen molar-refractivity contribution in [2.24, 2.45) is 0 Å². The first-order valence-corrected chi connectivity index (χ1v) is 5.27. The van der Waals surface area contributed by atoms with Crippen molar-refractivity contribution in [3.8, 4) is 6.07 Å². The van der Waals surface area contributed by atoms with Gasteiger partial charge in [0.05, 0.1) is 12.5 Å². The average Bonchev–Trinajstić information content (AvgIpc) is 2.21. The topological polar surface area (TPSA) is 27.0 Å². The molecule has 1 rings (SSSR count). The highest BCUT2D eigenvalue weighted by atomic mass is 15.1. The number of nitrogens with zero attached hydrogens (tertiary/aromatic N) is 2. The summed E-state index contributed by atoms with van der Waals surface area (Å²) in [6, 6.07) is 10.9. The molecular weight excluding hydrogens is 184 g/mol. The summed E-state index contributed by atoms with van der Waals surface area (Å²) in [4.78, 5) is 2.21. The Morgan fingerprint density at radius 2 is 2.07 bits per heavy atom. The van der Waals surface area contributed by atoms with Crippen LogP contribution in [0.25, 0.3) is 0 Å². The zero-order valence-electron chi connectivity index (χ0n) is 9.70. The lowest BCUT2D eigenvalue weighted by molar-refractivity contribution is 0.252. The van der Waals surface area contributed by atoms with Gasteiger partial charge in [-0.2, -0.15) is 5.26 Å². The van der Waals surface area contributed by atoms with Gasteiger partial charge in [0, 0.05) is 12.6 Å². The molecule has 80 valence electrons. The minimum Gasteiger partial charge on any atom is -0.298 e. The number of benzene rings is 1. The van der Waals surface area contributed by atoms with Crippen molar-refractivity contribution < 1.29 is 0 Å². The van der Waals surface area contributed by atoms with Crippen LogP contribution in [0.15, 0.2) is 24.3 Å². The Bertz CT molecular complexity index is 352. The molecule has 1 unspecified atom stereocenters. The van der Waals surface area contributed by atoms with Gasteiger partial charge in [-0.15, -0.1) is 0 Å². The molecule has 0 N–H and O–H groups in total. The maximum Gasteiger partial charge on any atom is 0.0638 e. The minimum atomic E-state index is 0.314. The number of hydrogen-bond donors (Lipinski definition) is 0. The highest BCUT2D eigenvalue weighted by Crippen LogP contribution is 2.12. The second kappa shape index (κ2) is 5.53. The van der Waals surface area contributed by atoms with Gasteiger partial charge in [0.15, 0.2) is 0 Å². The van der Waals surface area contributed by atoms with E-state index in [1.165, 1.54) is 11.1 Å². The molecule has 0 fully saturated rings. The number of nitriles is 1. The molecule has 0 aliphatic rings. The molecule has 0 radical (unpaired) electrons. The molecule has 0 heterocycles. The van der Waals surface area contributed by atoms with E-state index in [4.69, 9.17) is 5.26 Å². The zero-order valence-corrected chi connectivity index (χ0v) is 9.70. The third-order valence-corrected chi connectivity index (χ3v) is 2.82. The van der Waals surface area contributed by atoms with Crippen LogP contribution in [0.3, 0.4) is 0 Å². The molecule has 1 aromatic carbocycles. The van der Waals surface area contributed by atoms with Crippen LogP contribution in [-0.2, 0) is 6.54 Å². The first-order valence-electron chi connectivity index (χ1n) is 5.27. The monoisotopic (exact) mass is 202 g/mol. The lowest BCUT2D eigenvalue weighted by atomic mass is 10.1. The van der Waals surface area contributed by atoms with E-state index in [0.717, 1.165) is 6.54 Å². The highest BCUT2D eigenvalue weighted by molar-refractivity contribution is 5.25. The summed E-state index contributed by atoms with van der Waals surface area (Å²) < 4.78 is 0. The summed E-state index contributed by atoms with van der Waals surface area (Å²) >= 11 is 0. The van der Waals surface area contributed by atoms with Gasteiger partial charge in [-0.1, -0.05) is 24.3 Å². The van der Waals surface area contributed by atoms with Crippen LogP contribution >= 0.6 is 0 Å². The predicted octanol–water partition coefficient (Wildman–Crippen LogP) is 2.73. The first-order chi connectivity index (χ1) is 7.15. The maximum absolute atomic E-state index is 8.63. The van der Waals surface area contributed by atoms with Crippen LogP contribution in [-0.4, -0.2) is 18.0 Å². The van der Waals surface area contributed by atoms with Crippen LogP contribution in [0, 0.1) is 18.3 Å². The van der Waals surface area contributed by atoms with E-state index in [9.17, 15) is 0 Å². The van der Waals surface area contributed by atoms with Crippen molar-refractivity contribution in [1.29, 1.82) is 5.26 Å². The fourth-order valence-corrected chi connectivity index (χ4v) is 1.50. The summed E-state index contributed by atoms with van der Waals surface area (Å²) in [5.41, 5.74) is 2.65. The first kappa shape index (κ1) is 11.7. The molecule has 15 heavy (non-hydrogen) atoms. The molecule has 2 nitrogen and oxygen atoms in total. The van der Waals surface area contributed by atoms with Crippen molar-refractivity contribution in [3.05, 3.63) is 35.4 Å². The molecular formula is C13H18N2. The van der Waals surface area contributed by atoms with Gasteiger partial charge < -0.3 is 0 Å². The van der Waals surface area contributed by atoms with Gasteiger partial charge in [0.2, 0.25) is 0 Å². The molecule has 0 saturated carbocycles. The Balaban J connectivity index is 2.63. The fourth-order valence-electron chi connectivity index (χ4n) is 1.50. The Labute approximate surface area is 92.1 Å². The third kappa shape index (κ3) is 3.38. The third-order valence-electron chi connectivity index (χ3n) is 2.82. The van der Waals surface area contributed by atoms with Crippen molar-refractivity contribution in [2.75, 3.05) is 7.05 Å². The summed E-state index contributed by atoms with van der Waals surface area (Å²) in [7, 11) is 2.06. The zero-order chi connectivity index (χ0) is 11.3. The largest absolute Gasteiger partial charge is 0.298 e. The molecule has 0 spiro atoms. The highest BCUT2D eigenvalue weighted by Gasteiger charge is 2.09. The minimum absolute atomic E-state index is 0.314. The van der Waals surface area contributed by atoms with Crippen LogP contribution in [0.4, 0.5) is 0 Å². The average molecular weight is 202 g/mol. The van der Waals surface area contributed by atoms with Crippen molar-refractivity contribution in [1.82, 2.24) is 4.90 Å². The normalized spacial score (nSPS) is 12.5. The second-order valence-corrected chi connectivity index (χ2v) is 4.05. The predicted molar refractivity (Wildman–Crippen MR) is 62.3 cm³/mol. The van der Waals surface area contributed by atoms with Gasteiger partial charge in [-0.25, -0.2) is 0 Å². The van der Waals surface area contributed by atoms with E-state index in [0.29, 0.717) is 12.5 Å². The summed E-state index contributed by atoms with van der Waals surface area (Å²) in [5.74, 6) is 0. The summed E-state index contributed by atoms with van der Waals surface area (Å²) in [6.07, 6.45) is 0.586. The molecule has 1 aromatic rings.